The first-order valence-electron chi connectivity index (χ1n) is 10.6. The van der Waals surface area contributed by atoms with Gasteiger partial charge >= 0.3 is 11.4 Å². The van der Waals surface area contributed by atoms with Gasteiger partial charge in [0.1, 0.15) is 45.5 Å². The molecule has 1 aliphatic rings. The zero-order valence-corrected chi connectivity index (χ0v) is 20.1. The van der Waals surface area contributed by atoms with Crippen LogP contribution in [-0.4, -0.2) is 67.7 Å². The van der Waals surface area contributed by atoms with E-state index in [0.29, 0.717) is 26.4 Å². The quantitative estimate of drug-likeness (QED) is 0.286. The second kappa shape index (κ2) is 11.2. The molecular formula is C21H19Cl2N3O10. The molecule has 3 aromatic rings. The Morgan fingerprint density at radius 2 is 1.06 bits per heavy atom. The maximum absolute atomic E-state index is 13.6. The van der Waals surface area contributed by atoms with Crippen molar-refractivity contribution in [1.82, 2.24) is 4.98 Å². The van der Waals surface area contributed by atoms with Crippen LogP contribution in [0.15, 0.2) is 16.9 Å². The normalized spacial score (nSPS) is 15.8. The third-order valence-corrected chi connectivity index (χ3v) is 5.79. The molecule has 0 saturated heterocycles. The Kier molecular flexibility index (Phi) is 8.06. The lowest BCUT2D eigenvalue weighted by Crippen LogP contribution is -2.16. The van der Waals surface area contributed by atoms with Crippen LogP contribution in [0.3, 0.4) is 0 Å². The number of nitrogens with zero attached hydrogens (tertiary/aromatic N) is 2. The van der Waals surface area contributed by atoms with E-state index < -0.39 is 37.4 Å². The molecule has 1 N–H and O–H groups in total. The molecule has 15 heteroatoms. The number of hydrogen-bond donors (Lipinski definition) is 1. The maximum Gasteiger partial charge on any atom is 0.301 e. The van der Waals surface area contributed by atoms with Gasteiger partial charge in [0, 0.05) is 12.1 Å². The molecule has 2 bridgehead atoms. The second-order valence-corrected chi connectivity index (χ2v) is 8.23. The molecule has 0 radical (unpaired) electrons. The molecule has 4 rings (SSSR count). The predicted octanol–water partition coefficient (Wildman–Crippen LogP) is 3.63. The SMILES string of the molecule is O=c1c2c([N+](=O)[O-])c(Cl)cc3c2[nH]c2c(cc(Cl)c([N+](=O)[O-])c12)OCCOCCOCCOCCO3. The standard InChI is InChI=1S/C21H19Cl2N3O10/c22-11-9-13-17-15(19(11)25(28)29)21(27)16-18(24-17)14(10-12(23)20(16)26(30)31)36-8-6-34-4-2-32-1-3-33-5-7-35-13/h9-10H,1-8H2,(H,24,27). The van der Waals surface area contributed by atoms with E-state index in [1.54, 1.807) is 0 Å². The number of nitro benzene ring substituents is 2. The van der Waals surface area contributed by atoms with Gasteiger partial charge in [0.05, 0.1) is 60.5 Å². The summed E-state index contributed by atoms with van der Waals surface area (Å²) in [4.78, 5) is 38.4. The molecule has 13 nitrogen and oxygen atoms in total. The van der Waals surface area contributed by atoms with Gasteiger partial charge in [-0.3, -0.25) is 25.0 Å². The van der Waals surface area contributed by atoms with E-state index in [-0.39, 0.29) is 59.0 Å². The zero-order chi connectivity index (χ0) is 25.8. The summed E-state index contributed by atoms with van der Waals surface area (Å²) in [6.45, 7) is 1.57. The number of aromatic nitrogens is 1. The van der Waals surface area contributed by atoms with Crippen LogP contribution in [0, 0.1) is 20.2 Å². The summed E-state index contributed by atoms with van der Waals surface area (Å²) in [6, 6.07) is 2.37. The minimum Gasteiger partial charge on any atom is -0.489 e. The Morgan fingerprint density at radius 1 is 0.694 bits per heavy atom. The number of aromatic amines is 1. The average Bonchev–Trinajstić information content (AvgIpc) is 2.81. The van der Waals surface area contributed by atoms with Gasteiger partial charge < -0.3 is 28.7 Å². The molecule has 0 amide bonds. The summed E-state index contributed by atoms with van der Waals surface area (Å²) in [5.41, 5.74) is -2.68. The fraction of sp³-hybridized carbons (Fsp3) is 0.381. The van der Waals surface area contributed by atoms with Gasteiger partial charge in [0.15, 0.2) is 0 Å². The molecule has 0 saturated carbocycles. The molecule has 0 spiro atoms. The van der Waals surface area contributed by atoms with E-state index in [4.69, 9.17) is 46.9 Å². The summed E-state index contributed by atoms with van der Waals surface area (Å²) in [7, 11) is 0. The van der Waals surface area contributed by atoms with Crippen molar-refractivity contribution in [2.75, 3.05) is 52.9 Å². The second-order valence-electron chi connectivity index (χ2n) is 7.41. The van der Waals surface area contributed by atoms with Gasteiger partial charge in [-0.25, -0.2) is 0 Å². The van der Waals surface area contributed by atoms with Crippen LogP contribution in [0.25, 0.3) is 21.8 Å². The van der Waals surface area contributed by atoms with Crippen molar-refractivity contribution in [2.24, 2.45) is 0 Å². The molecule has 2 aromatic carbocycles. The van der Waals surface area contributed by atoms with Crippen molar-refractivity contribution in [3.05, 3.63) is 52.6 Å². The van der Waals surface area contributed by atoms with Crippen molar-refractivity contribution in [3.63, 3.8) is 0 Å². The largest absolute Gasteiger partial charge is 0.489 e. The number of nitro groups is 2. The summed E-state index contributed by atoms with van der Waals surface area (Å²) in [5.74, 6) is 0.0138. The fourth-order valence-corrected chi connectivity index (χ4v) is 4.25. The van der Waals surface area contributed by atoms with Crippen LogP contribution in [0.4, 0.5) is 11.4 Å². The third kappa shape index (κ3) is 5.15. The molecule has 0 atom stereocenters. The molecule has 36 heavy (non-hydrogen) atoms. The van der Waals surface area contributed by atoms with Crippen LogP contribution in [0.2, 0.25) is 10.0 Å². The van der Waals surface area contributed by atoms with Gasteiger partial charge in [0.2, 0.25) is 5.43 Å². The molecule has 0 aliphatic carbocycles. The lowest BCUT2D eigenvalue weighted by atomic mass is 10.1. The zero-order valence-electron chi connectivity index (χ0n) is 18.5. The Balaban J connectivity index is 2.01. The van der Waals surface area contributed by atoms with Crippen molar-refractivity contribution in [1.29, 1.82) is 0 Å². The first-order chi connectivity index (χ1) is 17.3. The van der Waals surface area contributed by atoms with E-state index in [9.17, 15) is 25.0 Å². The molecule has 0 unspecified atom stereocenters. The number of H-pyrrole nitrogens is 1. The highest BCUT2D eigenvalue weighted by Crippen LogP contribution is 2.42. The van der Waals surface area contributed by atoms with Crippen LogP contribution >= 0.6 is 23.2 Å². The lowest BCUT2D eigenvalue weighted by Gasteiger charge is -2.15. The highest BCUT2D eigenvalue weighted by Gasteiger charge is 2.31. The van der Waals surface area contributed by atoms with Crippen molar-refractivity contribution in [3.8, 4) is 11.5 Å². The van der Waals surface area contributed by atoms with Crippen molar-refractivity contribution in [2.45, 2.75) is 0 Å². The van der Waals surface area contributed by atoms with Gasteiger partial charge in [-0.05, 0) is 0 Å². The average molecular weight is 544 g/mol. The number of benzene rings is 2. The van der Waals surface area contributed by atoms with Crippen molar-refractivity contribution < 1.29 is 33.5 Å². The van der Waals surface area contributed by atoms with Crippen molar-refractivity contribution >= 4 is 56.4 Å². The number of hydrogen-bond acceptors (Lipinski definition) is 10. The van der Waals surface area contributed by atoms with Gasteiger partial charge in [-0.1, -0.05) is 23.2 Å². The Bertz CT molecular complexity index is 1300. The number of nitrogens with one attached hydrogen (secondary N) is 1. The summed E-state index contributed by atoms with van der Waals surface area (Å²) in [5, 5.41) is 21.9. The van der Waals surface area contributed by atoms with Crippen LogP contribution in [-0.2, 0) is 14.2 Å². The van der Waals surface area contributed by atoms with E-state index in [0.717, 1.165) is 0 Å². The summed E-state index contributed by atoms with van der Waals surface area (Å²) >= 11 is 12.3. The molecule has 1 aliphatic heterocycles. The maximum atomic E-state index is 13.6. The van der Waals surface area contributed by atoms with Gasteiger partial charge in [-0.2, -0.15) is 0 Å². The lowest BCUT2D eigenvalue weighted by molar-refractivity contribution is -0.383. The molecule has 192 valence electrons. The molecule has 1 aromatic heterocycles. The van der Waals surface area contributed by atoms with Gasteiger partial charge in [-0.15, -0.1) is 0 Å². The number of halogens is 2. The van der Waals surface area contributed by atoms with E-state index in [1.165, 1.54) is 12.1 Å². The number of ether oxygens (including phenoxy) is 5. The fourth-order valence-electron chi connectivity index (χ4n) is 3.72. The van der Waals surface area contributed by atoms with Crippen LogP contribution in [0.1, 0.15) is 0 Å². The highest BCUT2D eigenvalue weighted by atomic mass is 35.5. The highest BCUT2D eigenvalue weighted by molar-refractivity contribution is 6.35. The van der Waals surface area contributed by atoms with E-state index >= 15 is 0 Å². The van der Waals surface area contributed by atoms with E-state index in [1.807, 2.05) is 0 Å². The Morgan fingerprint density at radius 3 is 1.42 bits per heavy atom. The minimum absolute atomic E-state index is 0.00690. The summed E-state index contributed by atoms with van der Waals surface area (Å²) in [6.07, 6.45) is 0. The Labute approximate surface area is 212 Å². The molecular weight excluding hydrogens is 525 g/mol. The van der Waals surface area contributed by atoms with Gasteiger partial charge in [0.25, 0.3) is 0 Å². The molecule has 0 fully saturated rings. The monoisotopic (exact) mass is 543 g/mol. The Hall–Kier alpha value is -3.23. The number of pyridine rings is 1. The third-order valence-electron chi connectivity index (χ3n) is 5.22. The van der Waals surface area contributed by atoms with E-state index in [2.05, 4.69) is 4.98 Å². The smallest absolute Gasteiger partial charge is 0.301 e. The first kappa shape index (κ1) is 25.9. The van der Waals surface area contributed by atoms with Crippen LogP contribution in [0.5, 0.6) is 11.5 Å². The van der Waals surface area contributed by atoms with Crippen LogP contribution < -0.4 is 14.9 Å². The summed E-state index contributed by atoms with van der Waals surface area (Å²) < 4.78 is 27.7. The number of rotatable bonds is 2. The minimum atomic E-state index is -1.03. The first-order valence-corrected chi connectivity index (χ1v) is 11.4. The topological polar surface area (TPSA) is 165 Å². The molecule has 2 heterocycles. The predicted molar refractivity (Wildman–Crippen MR) is 129 cm³/mol.